The molecule has 1 amide bonds. The number of aryl methyl sites for hydroxylation is 1. The molecule has 22 heavy (non-hydrogen) atoms. The van der Waals surface area contributed by atoms with Crippen LogP contribution in [-0.4, -0.2) is 33.6 Å². The molecule has 1 aromatic rings. The van der Waals surface area contributed by atoms with E-state index in [9.17, 15) is 23.1 Å². The third-order valence-electron chi connectivity index (χ3n) is 4.18. The van der Waals surface area contributed by atoms with Gasteiger partial charge in [-0.05, 0) is 38.3 Å². The minimum absolute atomic E-state index is 0.149. The summed E-state index contributed by atoms with van der Waals surface area (Å²) < 4.78 is 45.6. The number of hydrogen-bond donors (Lipinski definition) is 1. The Hall–Kier alpha value is -1.83. The van der Waals surface area contributed by atoms with Crippen LogP contribution in [0.15, 0.2) is 21.7 Å². The molecular weight excluding hydrogens is 301 g/mol. The molecule has 0 bridgehead atoms. The first-order chi connectivity index (χ1) is 10.2. The minimum atomic E-state index is -5.00. The zero-order chi connectivity index (χ0) is 16.1. The van der Waals surface area contributed by atoms with Gasteiger partial charge in [-0.1, -0.05) is 6.42 Å². The molecule has 1 N–H and O–H groups in total. The van der Waals surface area contributed by atoms with Crippen molar-refractivity contribution >= 4 is 11.6 Å². The Bertz CT molecular complexity index is 638. The van der Waals surface area contributed by atoms with Gasteiger partial charge in [0.05, 0.1) is 5.92 Å². The Morgan fingerprint density at radius 3 is 2.77 bits per heavy atom. The summed E-state index contributed by atoms with van der Waals surface area (Å²) >= 11 is 0. The van der Waals surface area contributed by atoms with Crippen LogP contribution < -0.4 is 0 Å². The summed E-state index contributed by atoms with van der Waals surface area (Å²) in [5.74, 6) is -2.18. The van der Waals surface area contributed by atoms with Crippen molar-refractivity contribution in [2.24, 2.45) is 11.0 Å². The highest BCUT2D eigenvalue weighted by Gasteiger charge is 2.68. The van der Waals surface area contributed by atoms with E-state index < -0.39 is 23.7 Å². The lowest BCUT2D eigenvalue weighted by molar-refractivity contribution is -0.312. The number of carbonyl (C=O) groups is 1. The fourth-order valence-electron chi connectivity index (χ4n) is 3.07. The van der Waals surface area contributed by atoms with Crippen LogP contribution in [0.4, 0.5) is 13.2 Å². The van der Waals surface area contributed by atoms with E-state index >= 15 is 0 Å². The number of amides is 1. The second kappa shape index (κ2) is 4.84. The zero-order valence-corrected chi connectivity index (χ0v) is 11.9. The highest BCUT2D eigenvalue weighted by atomic mass is 19.4. The number of furan rings is 1. The van der Waals surface area contributed by atoms with Gasteiger partial charge in [0.2, 0.25) is 0 Å². The molecule has 1 aliphatic carbocycles. The van der Waals surface area contributed by atoms with Crippen molar-refractivity contribution in [1.82, 2.24) is 5.01 Å². The first kappa shape index (κ1) is 15.1. The first-order valence-corrected chi connectivity index (χ1v) is 7.02. The van der Waals surface area contributed by atoms with Crippen LogP contribution in [0.2, 0.25) is 0 Å². The van der Waals surface area contributed by atoms with Gasteiger partial charge in [-0.15, -0.1) is 0 Å². The molecule has 1 saturated carbocycles. The van der Waals surface area contributed by atoms with Crippen molar-refractivity contribution in [2.45, 2.75) is 44.5 Å². The summed E-state index contributed by atoms with van der Waals surface area (Å²) in [7, 11) is 0. The molecule has 2 heterocycles. The number of aliphatic hydroxyl groups is 1. The standard InChI is InChI=1S/C14H15F3N2O3/c1-8-6-7-11(22-8)12(20)19-13(21,14(15,16)17)9-4-2-3-5-10(9)18-19/h6-7,9,21H,2-5H2,1H3/t9-,13-/m1/s1. The van der Waals surface area contributed by atoms with Crippen LogP contribution in [0.5, 0.6) is 0 Å². The molecular formula is C14H15F3N2O3. The van der Waals surface area contributed by atoms with E-state index in [2.05, 4.69) is 5.10 Å². The number of halogens is 3. The molecule has 0 saturated heterocycles. The number of hydrazone groups is 1. The van der Waals surface area contributed by atoms with Gasteiger partial charge in [0, 0.05) is 5.71 Å². The number of fused-ring (bicyclic) bond motifs is 1. The van der Waals surface area contributed by atoms with E-state index in [-0.39, 0.29) is 22.9 Å². The maximum absolute atomic E-state index is 13.5. The van der Waals surface area contributed by atoms with Crippen LogP contribution >= 0.6 is 0 Å². The molecule has 0 aromatic carbocycles. The SMILES string of the molecule is Cc1ccc(C(=O)N2N=C3CCCC[C@H]3[C@@]2(O)C(F)(F)F)o1. The predicted molar refractivity (Wildman–Crippen MR) is 70.0 cm³/mol. The number of alkyl halides is 3. The predicted octanol–water partition coefficient (Wildman–Crippen LogP) is 2.84. The molecule has 3 rings (SSSR count). The van der Waals surface area contributed by atoms with Gasteiger partial charge in [0.25, 0.3) is 5.72 Å². The van der Waals surface area contributed by atoms with Crippen molar-refractivity contribution in [2.75, 3.05) is 0 Å². The van der Waals surface area contributed by atoms with E-state index in [1.165, 1.54) is 12.1 Å². The maximum atomic E-state index is 13.5. The molecule has 1 fully saturated rings. The first-order valence-electron chi connectivity index (χ1n) is 7.02. The maximum Gasteiger partial charge on any atom is 0.439 e. The average molecular weight is 316 g/mol. The summed E-state index contributed by atoms with van der Waals surface area (Å²) in [6.07, 6.45) is -3.24. The molecule has 120 valence electrons. The number of nitrogens with zero attached hydrogens (tertiary/aromatic N) is 2. The lowest BCUT2D eigenvalue weighted by atomic mass is 9.80. The molecule has 5 nitrogen and oxygen atoms in total. The average Bonchev–Trinajstić information content (AvgIpc) is 3.01. The van der Waals surface area contributed by atoms with Crippen LogP contribution in [0, 0.1) is 12.8 Å². The number of carbonyl (C=O) groups excluding carboxylic acids is 1. The summed E-state index contributed by atoms with van der Waals surface area (Å²) in [6, 6.07) is 2.74. The highest BCUT2D eigenvalue weighted by Crippen LogP contribution is 2.48. The highest BCUT2D eigenvalue weighted by molar-refractivity contribution is 5.98. The summed E-state index contributed by atoms with van der Waals surface area (Å²) in [5, 5.41) is 14.3. The molecule has 0 unspecified atom stereocenters. The Labute approximate surface area is 124 Å². The van der Waals surface area contributed by atoms with E-state index in [0.29, 0.717) is 25.0 Å². The Balaban J connectivity index is 2.03. The second-order valence-electron chi connectivity index (χ2n) is 5.64. The Morgan fingerprint density at radius 1 is 1.45 bits per heavy atom. The lowest BCUT2D eigenvalue weighted by Gasteiger charge is -2.37. The van der Waals surface area contributed by atoms with Gasteiger partial charge >= 0.3 is 12.1 Å². The van der Waals surface area contributed by atoms with Crippen molar-refractivity contribution < 1.29 is 27.5 Å². The summed E-state index contributed by atoms with van der Waals surface area (Å²) in [4.78, 5) is 12.3. The topological polar surface area (TPSA) is 66.0 Å². The third kappa shape index (κ3) is 2.05. The Kier molecular flexibility index (Phi) is 3.32. The zero-order valence-electron chi connectivity index (χ0n) is 11.9. The van der Waals surface area contributed by atoms with Gasteiger partial charge in [0.1, 0.15) is 5.76 Å². The van der Waals surface area contributed by atoms with Gasteiger partial charge < -0.3 is 9.52 Å². The quantitative estimate of drug-likeness (QED) is 0.866. The van der Waals surface area contributed by atoms with Crippen molar-refractivity contribution in [3.63, 3.8) is 0 Å². The molecule has 1 aliphatic heterocycles. The van der Waals surface area contributed by atoms with E-state index in [1.807, 2.05) is 0 Å². The number of rotatable bonds is 1. The van der Waals surface area contributed by atoms with Crippen LogP contribution in [0.1, 0.15) is 42.0 Å². The molecule has 0 radical (unpaired) electrons. The molecule has 1 aromatic heterocycles. The second-order valence-corrected chi connectivity index (χ2v) is 5.64. The fraction of sp³-hybridized carbons (Fsp3) is 0.571. The summed E-state index contributed by atoms with van der Waals surface area (Å²) in [5.41, 5.74) is -3.08. The normalized spacial score (nSPS) is 28.5. The number of hydrogen-bond acceptors (Lipinski definition) is 4. The lowest BCUT2D eigenvalue weighted by Crippen LogP contribution is -2.61. The molecule has 0 spiro atoms. The van der Waals surface area contributed by atoms with Crippen LogP contribution in [-0.2, 0) is 0 Å². The van der Waals surface area contributed by atoms with Crippen molar-refractivity contribution in [3.8, 4) is 0 Å². The molecule has 2 atom stereocenters. The van der Waals surface area contributed by atoms with Crippen molar-refractivity contribution in [1.29, 1.82) is 0 Å². The fourth-order valence-corrected chi connectivity index (χ4v) is 3.07. The largest absolute Gasteiger partial charge is 0.456 e. The van der Waals surface area contributed by atoms with Gasteiger partial charge in [-0.25, -0.2) is 0 Å². The molecule has 2 aliphatic rings. The molecule has 8 heteroatoms. The van der Waals surface area contributed by atoms with Crippen molar-refractivity contribution in [3.05, 3.63) is 23.7 Å². The van der Waals surface area contributed by atoms with Gasteiger partial charge in [-0.2, -0.15) is 23.3 Å². The summed E-state index contributed by atoms with van der Waals surface area (Å²) in [6.45, 7) is 1.57. The third-order valence-corrected chi connectivity index (χ3v) is 4.18. The van der Waals surface area contributed by atoms with Crippen LogP contribution in [0.3, 0.4) is 0 Å². The van der Waals surface area contributed by atoms with E-state index in [4.69, 9.17) is 4.42 Å². The van der Waals surface area contributed by atoms with E-state index in [1.54, 1.807) is 6.92 Å². The smallest absolute Gasteiger partial charge is 0.439 e. The monoisotopic (exact) mass is 316 g/mol. The minimum Gasteiger partial charge on any atom is -0.456 e. The van der Waals surface area contributed by atoms with Gasteiger partial charge in [0.15, 0.2) is 5.76 Å². The van der Waals surface area contributed by atoms with Crippen LogP contribution in [0.25, 0.3) is 0 Å². The van der Waals surface area contributed by atoms with Gasteiger partial charge in [-0.3, -0.25) is 4.79 Å². The Morgan fingerprint density at radius 2 is 2.18 bits per heavy atom. The van der Waals surface area contributed by atoms with E-state index in [0.717, 1.165) is 0 Å².